The molecule has 122 valence electrons. The molecule has 22 heavy (non-hydrogen) atoms. The average molecular weight is 322 g/mol. The molecule has 0 aromatic heterocycles. The van der Waals surface area contributed by atoms with Gasteiger partial charge in [-0.2, -0.15) is 11.8 Å². The zero-order valence-corrected chi connectivity index (χ0v) is 14.3. The molecule has 4 nitrogen and oxygen atoms in total. The SMILES string of the molecule is COc1ccc(CCCN(C)C(=O)CC2CSCCN2)cc1. The third kappa shape index (κ3) is 5.54. The van der Waals surface area contributed by atoms with Gasteiger partial charge in [0.2, 0.25) is 5.91 Å². The van der Waals surface area contributed by atoms with Gasteiger partial charge in [0.05, 0.1) is 7.11 Å². The fourth-order valence-corrected chi connectivity index (χ4v) is 3.50. The second-order valence-corrected chi connectivity index (χ2v) is 6.85. The summed E-state index contributed by atoms with van der Waals surface area (Å²) in [6.07, 6.45) is 2.59. The predicted molar refractivity (Wildman–Crippen MR) is 92.7 cm³/mol. The molecule has 1 aliphatic rings. The van der Waals surface area contributed by atoms with E-state index in [0.29, 0.717) is 12.5 Å². The Morgan fingerprint density at radius 1 is 1.41 bits per heavy atom. The topological polar surface area (TPSA) is 41.6 Å². The molecule has 0 bridgehead atoms. The first-order valence-corrected chi connectivity index (χ1v) is 9.02. The van der Waals surface area contributed by atoms with Gasteiger partial charge >= 0.3 is 0 Å². The van der Waals surface area contributed by atoms with Crippen LogP contribution in [0.1, 0.15) is 18.4 Å². The lowest BCUT2D eigenvalue weighted by atomic mass is 10.1. The van der Waals surface area contributed by atoms with Crippen molar-refractivity contribution in [1.29, 1.82) is 0 Å². The molecular formula is C17H26N2O2S. The average Bonchev–Trinajstić information content (AvgIpc) is 2.56. The lowest BCUT2D eigenvalue weighted by molar-refractivity contribution is -0.130. The molecule has 0 radical (unpaired) electrons. The molecular weight excluding hydrogens is 296 g/mol. The molecule has 1 saturated heterocycles. The van der Waals surface area contributed by atoms with Crippen molar-refractivity contribution in [2.45, 2.75) is 25.3 Å². The molecule has 1 unspecified atom stereocenters. The van der Waals surface area contributed by atoms with Gasteiger partial charge in [0.25, 0.3) is 0 Å². The second-order valence-electron chi connectivity index (χ2n) is 5.70. The summed E-state index contributed by atoms with van der Waals surface area (Å²) in [5, 5.41) is 3.42. The highest BCUT2D eigenvalue weighted by Gasteiger charge is 2.18. The number of nitrogens with zero attached hydrogens (tertiary/aromatic N) is 1. The van der Waals surface area contributed by atoms with Crippen LogP contribution in [0.25, 0.3) is 0 Å². The number of aryl methyl sites for hydroxylation is 1. The van der Waals surface area contributed by atoms with E-state index in [0.717, 1.165) is 43.2 Å². The van der Waals surface area contributed by atoms with Crippen molar-refractivity contribution >= 4 is 17.7 Å². The van der Waals surface area contributed by atoms with Crippen LogP contribution in [-0.2, 0) is 11.2 Å². The van der Waals surface area contributed by atoms with Crippen molar-refractivity contribution in [3.8, 4) is 5.75 Å². The lowest BCUT2D eigenvalue weighted by Gasteiger charge is -2.25. The third-order valence-electron chi connectivity index (χ3n) is 3.96. The Kier molecular flexibility index (Phi) is 7.06. The number of nitrogens with one attached hydrogen (secondary N) is 1. The molecule has 5 heteroatoms. The van der Waals surface area contributed by atoms with E-state index < -0.39 is 0 Å². The molecule has 0 saturated carbocycles. The van der Waals surface area contributed by atoms with Gasteiger partial charge in [0.1, 0.15) is 5.75 Å². The molecule has 1 aromatic carbocycles. The first-order chi connectivity index (χ1) is 10.7. The third-order valence-corrected chi connectivity index (χ3v) is 5.09. The Balaban J connectivity index is 1.67. The summed E-state index contributed by atoms with van der Waals surface area (Å²) in [7, 11) is 3.58. The van der Waals surface area contributed by atoms with Crippen LogP contribution in [0.2, 0.25) is 0 Å². The van der Waals surface area contributed by atoms with Crippen molar-refractivity contribution in [2.75, 3.05) is 38.8 Å². The lowest BCUT2D eigenvalue weighted by Crippen LogP contribution is -2.42. The van der Waals surface area contributed by atoms with Gasteiger partial charge in [0, 0.05) is 44.1 Å². The number of amides is 1. The number of hydrogen-bond acceptors (Lipinski definition) is 4. The second kappa shape index (κ2) is 9.06. The molecule has 1 aliphatic heterocycles. The summed E-state index contributed by atoms with van der Waals surface area (Å²) in [4.78, 5) is 14.1. The molecule has 0 aliphatic carbocycles. The molecule has 1 N–H and O–H groups in total. The Bertz CT molecular complexity index is 458. The molecule has 1 atom stereocenters. The summed E-state index contributed by atoms with van der Waals surface area (Å²) >= 11 is 1.93. The molecule has 0 spiro atoms. The Labute approximate surface area is 137 Å². The smallest absolute Gasteiger partial charge is 0.223 e. The van der Waals surface area contributed by atoms with Gasteiger partial charge < -0.3 is 15.0 Å². The minimum atomic E-state index is 0.245. The van der Waals surface area contributed by atoms with Crippen LogP contribution < -0.4 is 10.1 Å². The number of carbonyl (C=O) groups is 1. The maximum atomic E-state index is 12.2. The van der Waals surface area contributed by atoms with Crippen molar-refractivity contribution in [1.82, 2.24) is 10.2 Å². The van der Waals surface area contributed by atoms with E-state index in [9.17, 15) is 4.79 Å². The van der Waals surface area contributed by atoms with E-state index in [1.807, 2.05) is 35.8 Å². The summed E-state index contributed by atoms with van der Waals surface area (Å²) in [5.74, 6) is 3.33. The summed E-state index contributed by atoms with van der Waals surface area (Å²) in [6, 6.07) is 8.48. The van der Waals surface area contributed by atoms with Crippen molar-refractivity contribution in [3.05, 3.63) is 29.8 Å². The van der Waals surface area contributed by atoms with E-state index in [1.54, 1.807) is 7.11 Å². The van der Waals surface area contributed by atoms with Gasteiger partial charge in [-0.1, -0.05) is 12.1 Å². The molecule has 2 rings (SSSR count). The van der Waals surface area contributed by atoms with Gasteiger partial charge in [-0.05, 0) is 30.5 Å². The van der Waals surface area contributed by atoms with Crippen LogP contribution >= 0.6 is 11.8 Å². The van der Waals surface area contributed by atoms with Crippen LogP contribution in [0.5, 0.6) is 5.75 Å². The summed E-state index contributed by atoms with van der Waals surface area (Å²) < 4.78 is 5.15. The van der Waals surface area contributed by atoms with Crippen molar-refractivity contribution in [3.63, 3.8) is 0 Å². The number of thioether (sulfide) groups is 1. The summed E-state index contributed by atoms with van der Waals surface area (Å²) in [6.45, 7) is 1.83. The van der Waals surface area contributed by atoms with Crippen molar-refractivity contribution in [2.24, 2.45) is 0 Å². The van der Waals surface area contributed by atoms with Crippen LogP contribution in [0.15, 0.2) is 24.3 Å². The highest BCUT2D eigenvalue weighted by Crippen LogP contribution is 2.13. The Morgan fingerprint density at radius 3 is 2.82 bits per heavy atom. The highest BCUT2D eigenvalue weighted by molar-refractivity contribution is 7.99. The van der Waals surface area contributed by atoms with Gasteiger partial charge in [0.15, 0.2) is 0 Å². The monoisotopic (exact) mass is 322 g/mol. The van der Waals surface area contributed by atoms with E-state index in [-0.39, 0.29) is 5.91 Å². The molecule has 1 aromatic rings. The number of benzene rings is 1. The standard InChI is InChI=1S/C17H26N2O2S/c1-19(17(20)12-15-13-22-11-9-18-15)10-3-4-14-5-7-16(21-2)8-6-14/h5-8,15,18H,3-4,9-13H2,1-2H3. The number of ether oxygens (including phenoxy) is 1. The number of rotatable bonds is 7. The minimum Gasteiger partial charge on any atom is -0.497 e. The predicted octanol–water partition coefficient (Wildman–Crippen LogP) is 2.18. The number of carbonyl (C=O) groups excluding carboxylic acids is 1. The first-order valence-electron chi connectivity index (χ1n) is 7.87. The first kappa shape index (κ1) is 17.2. The Hall–Kier alpha value is -1.20. The maximum absolute atomic E-state index is 12.2. The minimum absolute atomic E-state index is 0.245. The number of methoxy groups -OCH3 is 1. The normalized spacial score (nSPS) is 18.0. The van der Waals surface area contributed by atoms with E-state index >= 15 is 0 Å². The fraction of sp³-hybridized carbons (Fsp3) is 0.588. The van der Waals surface area contributed by atoms with Crippen LogP contribution in [0.4, 0.5) is 0 Å². The van der Waals surface area contributed by atoms with Crippen LogP contribution in [0.3, 0.4) is 0 Å². The largest absolute Gasteiger partial charge is 0.497 e. The summed E-state index contributed by atoms with van der Waals surface area (Å²) in [5.41, 5.74) is 1.28. The molecule has 1 heterocycles. The maximum Gasteiger partial charge on any atom is 0.223 e. The Morgan fingerprint density at radius 2 is 2.18 bits per heavy atom. The van der Waals surface area contributed by atoms with Crippen molar-refractivity contribution < 1.29 is 9.53 Å². The van der Waals surface area contributed by atoms with Gasteiger partial charge in [-0.25, -0.2) is 0 Å². The van der Waals surface area contributed by atoms with Crippen LogP contribution in [0, 0.1) is 0 Å². The van der Waals surface area contributed by atoms with E-state index in [1.165, 1.54) is 5.56 Å². The van der Waals surface area contributed by atoms with E-state index in [4.69, 9.17) is 4.74 Å². The molecule has 1 amide bonds. The highest BCUT2D eigenvalue weighted by atomic mass is 32.2. The fourth-order valence-electron chi connectivity index (χ4n) is 2.55. The zero-order chi connectivity index (χ0) is 15.8. The van der Waals surface area contributed by atoms with Gasteiger partial charge in [-0.15, -0.1) is 0 Å². The van der Waals surface area contributed by atoms with E-state index in [2.05, 4.69) is 17.4 Å². The molecule has 1 fully saturated rings. The van der Waals surface area contributed by atoms with Gasteiger partial charge in [-0.3, -0.25) is 4.79 Å². The van der Waals surface area contributed by atoms with Crippen LogP contribution in [-0.4, -0.2) is 55.6 Å². The zero-order valence-electron chi connectivity index (χ0n) is 13.5. The quantitative estimate of drug-likeness (QED) is 0.835. The number of hydrogen-bond donors (Lipinski definition) is 1.